The maximum atomic E-state index is 11.4. The zero-order valence-electron chi connectivity index (χ0n) is 12.6. The van der Waals surface area contributed by atoms with E-state index in [4.69, 9.17) is 14.6 Å². The third kappa shape index (κ3) is 7.57. The van der Waals surface area contributed by atoms with Crippen LogP contribution in [0.25, 0.3) is 0 Å². The molecule has 2 N–H and O–H groups in total. The predicted octanol–water partition coefficient (Wildman–Crippen LogP) is 2.06. The molecular formula is C14H29NO4S. The standard InChI is InChI=1S/C14H29NO4S/c1-2-3-9-18-10-11-19-12-14(13-20(15,16)17)7-5-4-6-8-14/h2-13H2,1H3,(H2,15,16,17). The van der Waals surface area contributed by atoms with Crippen LogP contribution in [0.4, 0.5) is 0 Å². The molecule has 1 rings (SSSR count). The van der Waals surface area contributed by atoms with Crippen molar-refractivity contribution in [2.45, 2.75) is 51.9 Å². The van der Waals surface area contributed by atoms with Crippen LogP contribution in [0, 0.1) is 5.41 Å². The lowest BCUT2D eigenvalue weighted by atomic mass is 9.76. The van der Waals surface area contributed by atoms with E-state index < -0.39 is 10.0 Å². The molecule has 6 heteroatoms. The quantitative estimate of drug-likeness (QED) is 0.627. The summed E-state index contributed by atoms with van der Waals surface area (Å²) < 4.78 is 33.9. The number of ether oxygens (including phenoxy) is 2. The Morgan fingerprint density at radius 2 is 1.70 bits per heavy atom. The summed E-state index contributed by atoms with van der Waals surface area (Å²) in [6.07, 6.45) is 7.26. The predicted molar refractivity (Wildman–Crippen MR) is 80.0 cm³/mol. The Bertz CT molecular complexity index is 350. The van der Waals surface area contributed by atoms with Gasteiger partial charge in [0.05, 0.1) is 25.6 Å². The molecule has 0 heterocycles. The molecule has 0 saturated heterocycles. The SMILES string of the molecule is CCCCOCCOCC1(CS(N)(=O)=O)CCCCC1. The highest BCUT2D eigenvalue weighted by Gasteiger charge is 2.35. The van der Waals surface area contributed by atoms with Gasteiger partial charge in [-0.25, -0.2) is 13.6 Å². The van der Waals surface area contributed by atoms with E-state index in [1.54, 1.807) is 0 Å². The summed E-state index contributed by atoms with van der Waals surface area (Å²) >= 11 is 0. The Labute approximate surface area is 123 Å². The van der Waals surface area contributed by atoms with Crippen molar-refractivity contribution in [3.8, 4) is 0 Å². The number of hydrogen-bond donors (Lipinski definition) is 1. The van der Waals surface area contributed by atoms with Crippen molar-refractivity contribution in [2.24, 2.45) is 10.6 Å². The molecule has 20 heavy (non-hydrogen) atoms. The first-order valence-electron chi connectivity index (χ1n) is 7.63. The Balaban J connectivity index is 2.30. The van der Waals surface area contributed by atoms with Gasteiger partial charge in [-0.1, -0.05) is 32.6 Å². The molecule has 0 atom stereocenters. The van der Waals surface area contributed by atoms with E-state index in [-0.39, 0.29) is 11.2 Å². The van der Waals surface area contributed by atoms with Crippen LogP contribution in [0.15, 0.2) is 0 Å². The number of hydrogen-bond acceptors (Lipinski definition) is 4. The third-order valence-corrected chi connectivity index (χ3v) is 4.86. The van der Waals surface area contributed by atoms with Gasteiger partial charge < -0.3 is 9.47 Å². The number of rotatable bonds is 10. The number of sulfonamides is 1. The van der Waals surface area contributed by atoms with E-state index in [1.165, 1.54) is 6.42 Å². The highest BCUT2D eigenvalue weighted by molar-refractivity contribution is 7.89. The van der Waals surface area contributed by atoms with Crippen LogP contribution < -0.4 is 5.14 Å². The van der Waals surface area contributed by atoms with Gasteiger partial charge in [-0.3, -0.25) is 0 Å². The van der Waals surface area contributed by atoms with E-state index in [1.807, 2.05) is 0 Å². The fraction of sp³-hybridized carbons (Fsp3) is 1.00. The first-order valence-corrected chi connectivity index (χ1v) is 9.35. The van der Waals surface area contributed by atoms with Crippen molar-refractivity contribution in [2.75, 3.05) is 32.2 Å². The van der Waals surface area contributed by atoms with Gasteiger partial charge in [0, 0.05) is 12.0 Å². The molecule has 0 aromatic heterocycles. The molecule has 1 aliphatic carbocycles. The third-order valence-electron chi connectivity index (χ3n) is 3.84. The minimum atomic E-state index is -3.45. The molecule has 0 aromatic rings. The fourth-order valence-corrected chi connectivity index (χ4v) is 4.04. The van der Waals surface area contributed by atoms with Gasteiger partial charge in [0.2, 0.25) is 10.0 Å². The summed E-state index contributed by atoms with van der Waals surface area (Å²) in [6.45, 7) is 4.46. The number of primary sulfonamides is 1. The minimum Gasteiger partial charge on any atom is -0.379 e. The average Bonchev–Trinajstić information content (AvgIpc) is 2.37. The largest absolute Gasteiger partial charge is 0.379 e. The summed E-state index contributed by atoms with van der Waals surface area (Å²) in [4.78, 5) is 0. The van der Waals surface area contributed by atoms with Crippen LogP contribution in [0.5, 0.6) is 0 Å². The Hall–Kier alpha value is -0.170. The smallest absolute Gasteiger partial charge is 0.209 e. The second kappa shape index (κ2) is 8.97. The Morgan fingerprint density at radius 3 is 2.30 bits per heavy atom. The lowest BCUT2D eigenvalue weighted by molar-refractivity contribution is -0.00135. The van der Waals surface area contributed by atoms with Crippen molar-refractivity contribution < 1.29 is 17.9 Å². The van der Waals surface area contributed by atoms with Crippen molar-refractivity contribution in [3.63, 3.8) is 0 Å². The molecule has 0 aromatic carbocycles. The van der Waals surface area contributed by atoms with E-state index >= 15 is 0 Å². The second-order valence-corrected chi connectivity index (χ2v) is 7.50. The van der Waals surface area contributed by atoms with Crippen molar-refractivity contribution >= 4 is 10.0 Å². The number of nitrogens with two attached hydrogens (primary N) is 1. The molecule has 0 aliphatic heterocycles. The van der Waals surface area contributed by atoms with Crippen LogP contribution in [0.3, 0.4) is 0 Å². The normalized spacial score (nSPS) is 19.1. The topological polar surface area (TPSA) is 78.6 Å². The van der Waals surface area contributed by atoms with Gasteiger partial charge in [-0.2, -0.15) is 0 Å². The average molecular weight is 307 g/mol. The molecule has 0 radical (unpaired) electrons. The first-order chi connectivity index (χ1) is 9.47. The molecule has 1 saturated carbocycles. The molecule has 1 fully saturated rings. The van der Waals surface area contributed by atoms with E-state index in [0.29, 0.717) is 19.8 Å². The van der Waals surface area contributed by atoms with Crippen LogP contribution in [0.2, 0.25) is 0 Å². The zero-order valence-corrected chi connectivity index (χ0v) is 13.4. The highest BCUT2D eigenvalue weighted by Crippen LogP contribution is 2.37. The van der Waals surface area contributed by atoms with Gasteiger partial charge in [0.1, 0.15) is 0 Å². The first kappa shape index (κ1) is 17.9. The van der Waals surface area contributed by atoms with Crippen LogP contribution in [-0.2, 0) is 19.5 Å². The van der Waals surface area contributed by atoms with Crippen molar-refractivity contribution in [3.05, 3.63) is 0 Å². The molecule has 0 unspecified atom stereocenters. The fourth-order valence-electron chi connectivity index (χ4n) is 2.81. The summed E-state index contributed by atoms with van der Waals surface area (Å²) in [6, 6.07) is 0. The summed E-state index contributed by atoms with van der Waals surface area (Å²) in [5.41, 5.74) is -0.282. The molecule has 1 aliphatic rings. The van der Waals surface area contributed by atoms with Crippen LogP contribution in [-0.4, -0.2) is 40.6 Å². The maximum absolute atomic E-state index is 11.4. The molecule has 5 nitrogen and oxygen atoms in total. The summed E-state index contributed by atoms with van der Waals surface area (Å²) in [5, 5.41) is 5.23. The molecule has 0 amide bonds. The lowest BCUT2D eigenvalue weighted by Gasteiger charge is -2.36. The molecule has 0 bridgehead atoms. The van der Waals surface area contributed by atoms with Crippen molar-refractivity contribution in [1.82, 2.24) is 0 Å². The zero-order chi connectivity index (χ0) is 14.9. The van der Waals surface area contributed by atoms with Gasteiger partial charge in [0.25, 0.3) is 0 Å². The maximum Gasteiger partial charge on any atom is 0.209 e. The highest BCUT2D eigenvalue weighted by atomic mass is 32.2. The molecule has 0 spiro atoms. The van der Waals surface area contributed by atoms with E-state index in [2.05, 4.69) is 6.92 Å². The summed E-state index contributed by atoms with van der Waals surface area (Å²) in [5.74, 6) is 0.0384. The molecular weight excluding hydrogens is 278 g/mol. The monoisotopic (exact) mass is 307 g/mol. The second-order valence-electron chi connectivity index (χ2n) is 5.89. The van der Waals surface area contributed by atoms with Crippen LogP contribution >= 0.6 is 0 Å². The van der Waals surface area contributed by atoms with Crippen LogP contribution in [0.1, 0.15) is 51.9 Å². The molecule has 120 valence electrons. The van der Waals surface area contributed by atoms with Gasteiger partial charge >= 0.3 is 0 Å². The van der Waals surface area contributed by atoms with Gasteiger partial charge in [-0.15, -0.1) is 0 Å². The Kier molecular flexibility index (Phi) is 8.02. The van der Waals surface area contributed by atoms with Gasteiger partial charge in [-0.05, 0) is 19.3 Å². The van der Waals surface area contributed by atoms with E-state index in [9.17, 15) is 8.42 Å². The van der Waals surface area contributed by atoms with Gasteiger partial charge in [0.15, 0.2) is 0 Å². The summed E-state index contributed by atoms with van der Waals surface area (Å²) in [7, 11) is -3.45. The minimum absolute atomic E-state index is 0.0384. The number of unbranched alkanes of at least 4 members (excludes halogenated alkanes) is 1. The van der Waals surface area contributed by atoms with Crippen molar-refractivity contribution in [1.29, 1.82) is 0 Å². The lowest BCUT2D eigenvalue weighted by Crippen LogP contribution is -2.39. The Morgan fingerprint density at radius 1 is 1.05 bits per heavy atom. The van der Waals surface area contributed by atoms with E-state index in [0.717, 1.165) is 45.1 Å².